The number of carbonyl (C=O) groups excluding carboxylic acids is 1. The fourth-order valence-corrected chi connectivity index (χ4v) is 4.17. The second-order valence-electron chi connectivity index (χ2n) is 6.87. The summed E-state index contributed by atoms with van der Waals surface area (Å²) in [6, 6.07) is 2.01. The summed E-state index contributed by atoms with van der Waals surface area (Å²) in [5, 5.41) is 0. The first kappa shape index (κ1) is 14.9. The number of hydrogen-bond donors (Lipinski definition) is 0. The van der Waals surface area contributed by atoms with Crippen molar-refractivity contribution in [1.29, 1.82) is 0 Å². The normalized spacial score (nSPS) is 28.2. The Labute approximate surface area is 136 Å². The van der Waals surface area contributed by atoms with Crippen molar-refractivity contribution in [3.05, 3.63) is 18.5 Å². The van der Waals surface area contributed by atoms with Crippen LogP contribution in [0.25, 0.3) is 0 Å². The zero-order chi connectivity index (χ0) is 15.6. The molecule has 6 nitrogen and oxygen atoms in total. The SMILES string of the molecule is O=C(CC1CCCC1)N1C[C@@H]2OCCN(c3ncccn3)[C@@H]2C1. The maximum atomic E-state index is 12.6. The molecule has 0 radical (unpaired) electrons. The molecule has 0 aromatic carbocycles. The van der Waals surface area contributed by atoms with E-state index in [2.05, 4.69) is 14.9 Å². The van der Waals surface area contributed by atoms with Gasteiger partial charge in [-0.15, -0.1) is 0 Å². The highest BCUT2D eigenvalue weighted by molar-refractivity contribution is 5.77. The fourth-order valence-electron chi connectivity index (χ4n) is 4.17. The predicted octanol–water partition coefficient (Wildman–Crippen LogP) is 1.47. The molecular weight excluding hydrogens is 292 g/mol. The monoisotopic (exact) mass is 316 g/mol. The van der Waals surface area contributed by atoms with Gasteiger partial charge >= 0.3 is 0 Å². The smallest absolute Gasteiger partial charge is 0.225 e. The number of nitrogens with zero attached hydrogens (tertiary/aromatic N) is 4. The Bertz CT molecular complexity index is 547. The van der Waals surface area contributed by atoms with Crippen LogP contribution in [0, 0.1) is 5.92 Å². The molecule has 1 amide bonds. The number of carbonyl (C=O) groups is 1. The summed E-state index contributed by atoms with van der Waals surface area (Å²) in [4.78, 5) is 25.6. The molecule has 3 aliphatic rings. The van der Waals surface area contributed by atoms with Crippen LogP contribution in [0.15, 0.2) is 18.5 Å². The first-order chi connectivity index (χ1) is 11.3. The minimum atomic E-state index is 0.0834. The molecule has 4 rings (SSSR count). The molecule has 3 heterocycles. The molecule has 6 heteroatoms. The molecule has 2 atom stereocenters. The number of hydrogen-bond acceptors (Lipinski definition) is 5. The van der Waals surface area contributed by atoms with Gasteiger partial charge in [-0.2, -0.15) is 0 Å². The average Bonchev–Trinajstić information content (AvgIpc) is 3.24. The highest BCUT2D eigenvalue weighted by atomic mass is 16.5. The second-order valence-corrected chi connectivity index (χ2v) is 6.87. The predicted molar refractivity (Wildman–Crippen MR) is 86.1 cm³/mol. The van der Waals surface area contributed by atoms with Crippen molar-refractivity contribution in [2.24, 2.45) is 5.92 Å². The molecule has 23 heavy (non-hydrogen) atoms. The van der Waals surface area contributed by atoms with Crippen molar-refractivity contribution in [3.8, 4) is 0 Å². The van der Waals surface area contributed by atoms with Crippen molar-refractivity contribution in [3.63, 3.8) is 0 Å². The summed E-state index contributed by atoms with van der Waals surface area (Å²) in [6.07, 6.45) is 9.33. The lowest BCUT2D eigenvalue weighted by Crippen LogP contribution is -2.51. The third-order valence-electron chi connectivity index (χ3n) is 5.40. The van der Waals surface area contributed by atoms with Crippen LogP contribution in [0.1, 0.15) is 32.1 Å². The largest absolute Gasteiger partial charge is 0.372 e. The van der Waals surface area contributed by atoms with Gasteiger partial charge in [0, 0.05) is 38.4 Å². The molecule has 0 N–H and O–H groups in total. The Morgan fingerprint density at radius 2 is 2.00 bits per heavy atom. The molecule has 1 aliphatic carbocycles. The first-order valence-corrected chi connectivity index (χ1v) is 8.74. The molecule has 0 unspecified atom stereocenters. The quantitative estimate of drug-likeness (QED) is 0.845. The highest BCUT2D eigenvalue weighted by Crippen LogP contribution is 2.30. The Morgan fingerprint density at radius 1 is 1.22 bits per heavy atom. The molecule has 0 spiro atoms. The van der Waals surface area contributed by atoms with Gasteiger partial charge in [-0.3, -0.25) is 4.79 Å². The van der Waals surface area contributed by atoms with E-state index in [4.69, 9.17) is 4.74 Å². The van der Waals surface area contributed by atoms with Crippen molar-refractivity contribution >= 4 is 11.9 Å². The number of fused-ring (bicyclic) bond motifs is 1. The van der Waals surface area contributed by atoms with Crippen molar-refractivity contribution in [2.45, 2.75) is 44.2 Å². The number of ether oxygens (including phenoxy) is 1. The van der Waals surface area contributed by atoms with E-state index in [1.807, 2.05) is 11.0 Å². The highest BCUT2D eigenvalue weighted by Gasteiger charge is 2.42. The average molecular weight is 316 g/mol. The standard InChI is InChI=1S/C17H24N4O2/c22-16(10-13-4-1-2-5-13)20-11-14-15(12-20)23-9-8-21(14)17-18-6-3-7-19-17/h3,6-7,13-15H,1-2,4-5,8-12H2/t14-,15+/m1/s1. The summed E-state index contributed by atoms with van der Waals surface area (Å²) in [6.45, 7) is 2.90. The Kier molecular flexibility index (Phi) is 4.16. The number of amides is 1. The summed E-state index contributed by atoms with van der Waals surface area (Å²) in [5.41, 5.74) is 0. The van der Waals surface area contributed by atoms with E-state index in [0.717, 1.165) is 19.0 Å². The number of rotatable bonds is 3. The van der Waals surface area contributed by atoms with Gasteiger partial charge in [0.25, 0.3) is 0 Å². The maximum absolute atomic E-state index is 12.6. The summed E-state index contributed by atoms with van der Waals surface area (Å²) in [7, 11) is 0. The topological polar surface area (TPSA) is 58.6 Å². The molecular formula is C17H24N4O2. The zero-order valence-corrected chi connectivity index (χ0v) is 13.4. The molecule has 1 aromatic heterocycles. The van der Waals surface area contributed by atoms with Gasteiger partial charge in [0.2, 0.25) is 11.9 Å². The van der Waals surface area contributed by atoms with E-state index in [9.17, 15) is 4.79 Å². The number of morpholine rings is 1. The van der Waals surface area contributed by atoms with Crippen LogP contribution < -0.4 is 4.90 Å². The molecule has 0 bridgehead atoms. The van der Waals surface area contributed by atoms with E-state index in [1.54, 1.807) is 12.4 Å². The van der Waals surface area contributed by atoms with E-state index < -0.39 is 0 Å². The Hall–Kier alpha value is -1.69. The lowest BCUT2D eigenvalue weighted by molar-refractivity contribution is -0.131. The van der Waals surface area contributed by atoms with Gasteiger partial charge in [0.1, 0.15) is 0 Å². The fraction of sp³-hybridized carbons (Fsp3) is 0.706. The summed E-state index contributed by atoms with van der Waals surface area (Å²) < 4.78 is 5.91. The van der Waals surface area contributed by atoms with Gasteiger partial charge in [-0.1, -0.05) is 12.8 Å². The number of likely N-dealkylation sites (tertiary alicyclic amines) is 1. The van der Waals surface area contributed by atoms with Gasteiger partial charge in [0.05, 0.1) is 18.8 Å². The van der Waals surface area contributed by atoms with Crippen LogP contribution in [-0.4, -0.2) is 59.2 Å². The van der Waals surface area contributed by atoms with E-state index in [1.165, 1.54) is 25.7 Å². The third kappa shape index (κ3) is 3.04. The number of aromatic nitrogens is 2. The summed E-state index contributed by atoms with van der Waals surface area (Å²) >= 11 is 0. The van der Waals surface area contributed by atoms with Gasteiger partial charge in [0.15, 0.2) is 0 Å². The van der Waals surface area contributed by atoms with Gasteiger partial charge in [-0.25, -0.2) is 9.97 Å². The molecule has 1 aromatic rings. The van der Waals surface area contributed by atoms with Gasteiger partial charge < -0.3 is 14.5 Å². The molecule has 2 saturated heterocycles. The summed E-state index contributed by atoms with van der Waals surface area (Å²) in [5.74, 6) is 1.64. The van der Waals surface area contributed by atoms with E-state index >= 15 is 0 Å². The molecule has 124 valence electrons. The van der Waals surface area contributed by atoms with Crippen LogP contribution >= 0.6 is 0 Å². The lowest BCUT2D eigenvalue weighted by atomic mass is 10.0. The first-order valence-electron chi connectivity index (χ1n) is 8.74. The Balaban J connectivity index is 1.43. The molecule has 3 fully saturated rings. The third-order valence-corrected chi connectivity index (χ3v) is 5.40. The lowest BCUT2D eigenvalue weighted by Gasteiger charge is -2.36. The second kappa shape index (κ2) is 6.43. The van der Waals surface area contributed by atoms with E-state index in [0.29, 0.717) is 31.4 Å². The van der Waals surface area contributed by atoms with Crippen molar-refractivity contribution in [1.82, 2.24) is 14.9 Å². The van der Waals surface area contributed by atoms with Crippen molar-refractivity contribution in [2.75, 3.05) is 31.1 Å². The molecule has 2 aliphatic heterocycles. The van der Waals surface area contributed by atoms with Crippen LogP contribution in [0.4, 0.5) is 5.95 Å². The minimum Gasteiger partial charge on any atom is -0.372 e. The van der Waals surface area contributed by atoms with E-state index in [-0.39, 0.29) is 12.1 Å². The van der Waals surface area contributed by atoms with Crippen LogP contribution in [0.5, 0.6) is 0 Å². The molecule has 1 saturated carbocycles. The van der Waals surface area contributed by atoms with Crippen LogP contribution in [0.2, 0.25) is 0 Å². The van der Waals surface area contributed by atoms with Gasteiger partial charge in [-0.05, 0) is 24.8 Å². The van der Waals surface area contributed by atoms with Crippen LogP contribution in [-0.2, 0) is 9.53 Å². The maximum Gasteiger partial charge on any atom is 0.225 e. The Morgan fingerprint density at radius 3 is 2.78 bits per heavy atom. The zero-order valence-electron chi connectivity index (χ0n) is 13.4. The number of anilines is 1. The van der Waals surface area contributed by atoms with Crippen molar-refractivity contribution < 1.29 is 9.53 Å². The minimum absolute atomic E-state index is 0.0834. The van der Waals surface area contributed by atoms with Crippen LogP contribution in [0.3, 0.4) is 0 Å².